The van der Waals surface area contributed by atoms with Gasteiger partial charge in [0.25, 0.3) is 11.5 Å². The number of hydrogen-bond acceptors (Lipinski definition) is 10. The smallest absolute Gasteiger partial charge is 0.790 e. The van der Waals surface area contributed by atoms with Gasteiger partial charge in [0.1, 0.15) is 18.0 Å². The fourth-order valence-corrected chi connectivity index (χ4v) is 5.39. The maximum atomic E-state index is 13.5. The molecule has 0 spiro atoms. The van der Waals surface area contributed by atoms with E-state index in [1.807, 2.05) is 0 Å². The summed E-state index contributed by atoms with van der Waals surface area (Å²) in [4.78, 5) is 39.6. The summed E-state index contributed by atoms with van der Waals surface area (Å²) < 4.78 is 95.2. The van der Waals surface area contributed by atoms with Crippen LogP contribution in [0.5, 0.6) is 17.2 Å². The predicted octanol–water partition coefficient (Wildman–Crippen LogP) is -2.31. The van der Waals surface area contributed by atoms with E-state index < -0.39 is 56.5 Å². The van der Waals surface area contributed by atoms with Gasteiger partial charge in [-0.25, -0.2) is 13.8 Å². The summed E-state index contributed by atoms with van der Waals surface area (Å²) in [5, 5.41) is -0.00376. The van der Waals surface area contributed by atoms with E-state index in [4.69, 9.17) is 9.47 Å². The second-order valence-corrected chi connectivity index (χ2v) is 10.7. The fourth-order valence-electron chi connectivity index (χ4n) is 3.94. The molecular weight excluding hydrogens is 636 g/mol. The van der Waals surface area contributed by atoms with Gasteiger partial charge in [0.15, 0.2) is 16.5 Å². The van der Waals surface area contributed by atoms with Crippen molar-refractivity contribution in [1.29, 1.82) is 0 Å². The molecule has 4 rings (SSSR count). The molecule has 0 bridgehead atoms. The summed E-state index contributed by atoms with van der Waals surface area (Å²) in [5.41, 5.74) is -2.33. The molecule has 0 amide bonds. The average molecular weight is 654 g/mol. The third kappa shape index (κ3) is 9.92. The number of rotatable bonds is 10. The molecule has 1 aromatic heterocycles. The number of phosphoric acid groups is 1. The molecule has 3 aromatic rings. The van der Waals surface area contributed by atoms with Crippen LogP contribution in [0.25, 0.3) is 5.69 Å². The van der Waals surface area contributed by atoms with Crippen molar-refractivity contribution in [2.45, 2.75) is 40.6 Å². The quantitative estimate of drug-likeness (QED) is 0.133. The first-order chi connectivity index (χ1) is 18.6. The van der Waals surface area contributed by atoms with Crippen molar-refractivity contribution in [1.82, 2.24) is 9.55 Å². The van der Waals surface area contributed by atoms with Crippen molar-refractivity contribution >= 4 is 19.6 Å². The summed E-state index contributed by atoms with van der Waals surface area (Å²) in [6.45, 7) is -0.685. The van der Waals surface area contributed by atoms with Crippen molar-refractivity contribution in [3.63, 3.8) is 0 Å². The van der Waals surface area contributed by atoms with E-state index in [9.17, 15) is 41.1 Å². The zero-order valence-electron chi connectivity index (χ0n) is 22.2. The minimum Gasteiger partial charge on any atom is -0.790 e. The normalized spacial score (nSPS) is 15.4. The van der Waals surface area contributed by atoms with Crippen LogP contribution in [0.15, 0.2) is 69.6 Å². The van der Waals surface area contributed by atoms with Gasteiger partial charge in [-0.15, -0.1) is 13.2 Å². The van der Waals surface area contributed by atoms with Crippen LogP contribution in [0.2, 0.25) is 0 Å². The summed E-state index contributed by atoms with van der Waals surface area (Å²) >= 11 is 0.901. The van der Waals surface area contributed by atoms with E-state index in [1.165, 1.54) is 54.4 Å². The van der Waals surface area contributed by atoms with Crippen LogP contribution in [0, 0.1) is 0 Å². The molecule has 10 nitrogen and oxygen atoms in total. The second kappa shape index (κ2) is 14.3. The molecule has 1 fully saturated rings. The Morgan fingerprint density at radius 3 is 2.26 bits per heavy atom. The van der Waals surface area contributed by atoms with Gasteiger partial charge in [0.05, 0.1) is 20.6 Å². The third-order valence-corrected chi connectivity index (χ3v) is 7.06. The SMILES string of the molecule is COc1cc(-n2ccnc(Sc3ccc(OC(F)(F)F)cc3)c2=O)ccc1OCC1(OP(=O)([O-])[O-])CC(F)(F)C1.[Na+].[Na+]. The minimum atomic E-state index is -5.59. The molecule has 1 aliphatic carbocycles. The number of aromatic nitrogens is 2. The Kier molecular flexibility index (Phi) is 12.6. The summed E-state index contributed by atoms with van der Waals surface area (Å²) in [6, 6.07) is 8.97. The minimum absolute atomic E-state index is 0. The van der Waals surface area contributed by atoms with E-state index >= 15 is 0 Å². The Morgan fingerprint density at radius 2 is 1.71 bits per heavy atom. The number of halogens is 5. The van der Waals surface area contributed by atoms with Crippen LogP contribution >= 0.6 is 19.6 Å². The molecule has 0 radical (unpaired) electrons. The number of phosphoric ester groups is 1. The first-order valence-electron chi connectivity index (χ1n) is 11.1. The predicted molar refractivity (Wildman–Crippen MR) is 125 cm³/mol. The molecule has 0 unspecified atom stereocenters. The van der Waals surface area contributed by atoms with Crippen LogP contribution in [-0.2, 0) is 9.09 Å². The van der Waals surface area contributed by atoms with E-state index in [0.717, 1.165) is 23.9 Å². The summed E-state index contributed by atoms with van der Waals surface area (Å²) in [7, 11) is -4.32. The van der Waals surface area contributed by atoms with Crippen molar-refractivity contribution in [2.75, 3.05) is 13.7 Å². The number of hydrogen-bond donors (Lipinski definition) is 0. The van der Waals surface area contributed by atoms with Crippen LogP contribution in [0.1, 0.15) is 12.8 Å². The molecule has 2 aromatic carbocycles. The molecule has 1 aliphatic rings. The molecule has 0 aliphatic heterocycles. The van der Waals surface area contributed by atoms with E-state index in [2.05, 4.69) is 14.2 Å². The first-order valence-corrected chi connectivity index (χ1v) is 13.4. The Labute approximate surface area is 283 Å². The maximum Gasteiger partial charge on any atom is 1.00 e. The molecule has 0 saturated heterocycles. The molecule has 1 saturated carbocycles. The Morgan fingerprint density at radius 1 is 1.07 bits per heavy atom. The zero-order chi connectivity index (χ0) is 29.3. The van der Waals surface area contributed by atoms with Crippen molar-refractivity contribution in [2.24, 2.45) is 0 Å². The Balaban J connectivity index is 0.00000308. The van der Waals surface area contributed by atoms with Crippen molar-refractivity contribution in [3.8, 4) is 22.9 Å². The molecule has 1 heterocycles. The van der Waals surface area contributed by atoms with E-state index in [0.29, 0.717) is 4.90 Å². The van der Waals surface area contributed by atoms with Gasteiger partial charge in [-0.05, 0) is 36.4 Å². The summed E-state index contributed by atoms with van der Waals surface area (Å²) in [5.74, 6) is -3.61. The van der Waals surface area contributed by atoms with Gasteiger partial charge in [-0.3, -0.25) is 9.36 Å². The monoisotopic (exact) mass is 654 g/mol. The standard InChI is InChI=1S/C23H20F5N2O8PS.2Na/c1-35-18-10-14(2-7-17(18)36-13-21(38-39(32,33)34)11-22(24,25)12-21)30-9-8-29-19(20(30)31)40-16-5-3-15(4-6-16)37-23(26,27)28;;/h2-10H,11-13H2,1H3,(H2,32,33,34);;/q;2*+1/p-2. The number of benzene rings is 2. The van der Waals surface area contributed by atoms with Gasteiger partial charge >= 0.3 is 65.5 Å². The number of nitrogens with zero attached hydrogens (tertiary/aromatic N) is 2. The van der Waals surface area contributed by atoms with Crippen LogP contribution in [-0.4, -0.2) is 41.2 Å². The topological polar surface area (TPSA) is 135 Å². The summed E-state index contributed by atoms with van der Waals surface area (Å²) in [6.07, 6.45) is -4.23. The molecule has 0 N–H and O–H groups in total. The van der Waals surface area contributed by atoms with Crippen molar-refractivity contribution in [3.05, 3.63) is 65.2 Å². The van der Waals surface area contributed by atoms with Crippen LogP contribution in [0.4, 0.5) is 22.0 Å². The Hall–Kier alpha value is -1.17. The molecule has 0 atom stereocenters. The number of methoxy groups -OCH3 is 1. The fraction of sp³-hybridized carbons (Fsp3) is 0.304. The van der Waals surface area contributed by atoms with Gasteiger partial charge in [-0.1, -0.05) is 11.8 Å². The van der Waals surface area contributed by atoms with Crippen molar-refractivity contribution < 1.29 is 114 Å². The van der Waals surface area contributed by atoms with Gasteiger partial charge in [0, 0.05) is 36.2 Å². The number of alkyl halides is 5. The average Bonchev–Trinajstić information content (AvgIpc) is 2.82. The number of ether oxygens (including phenoxy) is 3. The van der Waals surface area contributed by atoms with Gasteiger partial charge < -0.3 is 33.1 Å². The molecule has 216 valence electrons. The first kappa shape index (κ1) is 37.0. The van der Waals surface area contributed by atoms with E-state index in [1.54, 1.807) is 0 Å². The largest absolute Gasteiger partial charge is 1.00 e. The molecule has 42 heavy (non-hydrogen) atoms. The second-order valence-electron chi connectivity index (χ2n) is 8.58. The van der Waals surface area contributed by atoms with E-state index in [-0.39, 0.29) is 81.3 Å². The Bertz CT molecular complexity index is 1480. The molecule has 19 heteroatoms. The zero-order valence-corrected chi connectivity index (χ0v) is 27.9. The van der Waals surface area contributed by atoms with Crippen LogP contribution in [0.3, 0.4) is 0 Å². The third-order valence-electron chi connectivity index (χ3n) is 5.46. The van der Waals surface area contributed by atoms with Gasteiger partial charge in [0.2, 0.25) is 0 Å². The van der Waals surface area contributed by atoms with Crippen LogP contribution < -0.4 is 88.7 Å². The molecular formula is C23H18F5N2Na2O8PS. The van der Waals surface area contributed by atoms with Gasteiger partial charge in [-0.2, -0.15) is 0 Å². The maximum absolute atomic E-state index is 13.5.